The zero-order chi connectivity index (χ0) is 29.2. The number of nitrogens with one attached hydrogen (secondary N) is 1. The van der Waals surface area contributed by atoms with Gasteiger partial charge in [-0.25, -0.2) is 24.6 Å². The highest BCUT2D eigenvalue weighted by molar-refractivity contribution is 5.88. The molecule has 1 N–H and O–H groups in total. The molecule has 0 bridgehead atoms. The molecule has 42 heavy (non-hydrogen) atoms. The molecule has 0 aliphatic carbocycles. The summed E-state index contributed by atoms with van der Waals surface area (Å²) in [5.41, 5.74) is 4.66. The number of rotatable bonds is 8. The fourth-order valence-electron chi connectivity index (χ4n) is 5.06. The summed E-state index contributed by atoms with van der Waals surface area (Å²) in [6, 6.07) is 11.4. The summed E-state index contributed by atoms with van der Waals surface area (Å²) in [6.45, 7) is 7.61. The Morgan fingerprint density at radius 1 is 1.14 bits per heavy atom. The van der Waals surface area contributed by atoms with Crippen molar-refractivity contribution in [3.05, 3.63) is 67.1 Å². The Morgan fingerprint density at radius 2 is 2.02 bits per heavy atom. The summed E-state index contributed by atoms with van der Waals surface area (Å²) >= 11 is 0. The van der Waals surface area contributed by atoms with Crippen molar-refractivity contribution in [2.75, 3.05) is 43.6 Å². The second-order valence-corrected chi connectivity index (χ2v) is 9.99. The van der Waals surface area contributed by atoms with Gasteiger partial charge in [0.05, 0.1) is 24.4 Å². The van der Waals surface area contributed by atoms with E-state index in [0.717, 1.165) is 28.0 Å². The summed E-state index contributed by atoms with van der Waals surface area (Å²) in [6.07, 6.45) is 4.50. The Kier molecular flexibility index (Phi) is 7.32. The molecule has 13 heteroatoms. The quantitative estimate of drug-likeness (QED) is 0.277. The Bertz CT molecular complexity index is 1790. The van der Waals surface area contributed by atoms with Gasteiger partial charge in [-0.1, -0.05) is 11.8 Å². The third kappa shape index (κ3) is 5.29. The average molecular weight is 567 g/mol. The van der Waals surface area contributed by atoms with Gasteiger partial charge in [0.2, 0.25) is 11.9 Å². The van der Waals surface area contributed by atoms with Crippen molar-refractivity contribution in [2.45, 2.75) is 13.0 Å². The van der Waals surface area contributed by atoms with E-state index in [2.05, 4.69) is 37.2 Å². The highest BCUT2D eigenvalue weighted by atomic mass is 16.5. The van der Waals surface area contributed by atoms with Gasteiger partial charge < -0.3 is 24.6 Å². The fraction of sp³-hybridized carbons (Fsp3) is 0.276. The van der Waals surface area contributed by atoms with Crippen LogP contribution in [0, 0.1) is 6.92 Å². The summed E-state index contributed by atoms with van der Waals surface area (Å²) < 4.78 is 13.2. The predicted molar refractivity (Wildman–Crippen MR) is 158 cm³/mol. The number of amides is 1. The number of ether oxygens (including phenoxy) is 2. The fourth-order valence-corrected chi connectivity index (χ4v) is 5.06. The lowest BCUT2D eigenvalue weighted by atomic mass is 10.1. The van der Waals surface area contributed by atoms with Gasteiger partial charge in [-0.2, -0.15) is 0 Å². The molecule has 5 aromatic rings. The maximum atomic E-state index is 12.3. The normalized spacial score (nSPS) is 15.3. The molecule has 1 aliphatic rings. The summed E-state index contributed by atoms with van der Waals surface area (Å²) in [4.78, 5) is 34.4. The predicted octanol–water partition coefficient (Wildman–Crippen LogP) is 3.40. The first-order valence-electron chi connectivity index (χ1n) is 13.4. The molecule has 6 rings (SSSR count). The minimum Gasteiger partial charge on any atom is -0.457 e. The maximum Gasteiger partial charge on any atom is 0.246 e. The maximum absolute atomic E-state index is 12.3. The Hall–Kier alpha value is -5.17. The molecule has 0 radical (unpaired) electrons. The number of hydrogen-bond acceptors (Lipinski definition) is 11. The molecule has 4 heterocycles. The zero-order valence-corrected chi connectivity index (χ0v) is 23.6. The highest BCUT2D eigenvalue weighted by Gasteiger charge is 2.30. The Labute approximate surface area is 241 Å². The lowest BCUT2D eigenvalue weighted by Gasteiger charge is -2.40. The number of hydrogen-bond donors (Lipinski definition) is 1. The van der Waals surface area contributed by atoms with Crippen LogP contribution in [0.3, 0.4) is 0 Å². The van der Waals surface area contributed by atoms with Crippen LogP contribution in [0.2, 0.25) is 0 Å². The van der Waals surface area contributed by atoms with E-state index < -0.39 is 0 Å². The number of carbonyl (C=O) groups is 1. The zero-order valence-electron chi connectivity index (χ0n) is 23.6. The van der Waals surface area contributed by atoms with Crippen LogP contribution in [-0.2, 0) is 16.6 Å². The van der Waals surface area contributed by atoms with E-state index >= 15 is 0 Å². The number of piperazine rings is 1. The molecule has 1 atom stereocenters. The van der Waals surface area contributed by atoms with Crippen LogP contribution >= 0.6 is 0 Å². The van der Waals surface area contributed by atoms with E-state index in [1.807, 2.05) is 55.3 Å². The summed E-state index contributed by atoms with van der Waals surface area (Å²) in [5, 5.41) is 11.6. The van der Waals surface area contributed by atoms with Gasteiger partial charge in [-0.15, -0.1) is 5.10 Å². The van der Waals surface area contributed by atoms with Crippen LogP contribution < -0.4 is 15.0 Å². The molecule has 214 valence electrons. The third-order valence-electron chi connectivity index (χ3n) is 7.19. The second-order valence-electron chi connectivity index (χ2n) is 9.99. The van der Waals surface area contributed by atoms with Crippen LogP contribution in [0.25, 0.3) is 22.1 Å². The lowest BCUT2D eigenvalue weighted by Crippen LogP contribution is -2.57. The molecule has 1 aliphatic heterocycles. The van der Waals surface area contributed by atoms with Crippen molar-refractivity contribution < 1.29 is 14.3 Å². The SMILES string of the molecule is C=CC(=O)N1CCN(c2ncc3ncnc(Nc4ccc(Oc5ccc6c(c5)nnn6C)c(C)c4)c3n2)C[C@@H]1COC. The van der Waals surface area contributed by atoms with Crippen molar-refractivity contribution in [1.82, 2.24) is 39.8 Å². The van der Waals surface area contributed by atoms with Gasteiger partial charge in [0.1, 0.15) is 34.4 Å². The van der Waals surface area contributed by atoms with Crippen molar-refractivity contribution in [2.24, 2.45) is 7.05 Å². The third-order valence-corrected chi connectivity index (χ3v) is 7.19. The summed E-state index contributed by atoms with van der Waals surface area (Å²) in [7, 11) is 3.48. The molecule has 0 unspecified atom stereocenters. The highest BCUT2D eigenvalue weighted by Crippen LogP contribution is 2.31. The van der Waals surface area contributed by atoms with E-state index in [-0.39, 0.29) is 11.9 Å². The minimum absolute atomic E-state index is 0.116. The molecular formula is C29H30N10O3. The van der Waals surface area contributed by atoms with Gasteiger partial charge in [0.15, 0.2) is 5.82 Å². The largest absolute Gasteiger partial charge is 0.457 e. The molecular weight excluding hydrogens is 536 g/mol. The van der Waals surface area contributed by atoms with Gasteiger partial charge >= 0.3 is 0 Å². The summed E-state index contributed by atoms with van der Waals surface area (Å²) in [5.74, 6) is 2.38. The molecule has 3 aromatic heterocycles. The number of carbonyl (C=O) groups excluding carboxylic acids is 1. The average Bonchev–Trinajstić information content (AvgIpc) is 3.38. The van der Waals surface area contributed by atoms with Crippen LogP contribution in [-0.4, -0.2) is 85.1 Å². The first-order chi connectivity index (χ1) is 20.4. The minimum atomic E-state index is -0.149. The van der Waals surface area contributed by atoms with Crippen LogP contribution in [0.1, 0.15) is 5.56 Å². The Morgan fingerprint density at radius 3 is 2.83 bits per heavy atom. The number of methoxy groups -OCH3 is 1. The molecule has 2 aromatic carbocycles. The van der Waals surface area contributed by atoms with E-state index in [9.17, 15) is 4.79 Å². The molecule has 1 saturated heterocycles. The van der Waals surface area contributed by atoms with E-state index in [1.54, 1.807) is 22.9 Å². The molecule has 1 amide bonds. The van der Waals surface area contributed by atoms with Crippen molar-refractivity contribution in [3.8, 4) is 11.5 Å². The van der Waals surface area contributed by atoms with Crippen LogP contribution in [0.15, 0.2) is 61.6 Å². The molecule has 0 saturated carbocycles. The topological polar surface area (TPSA) is 136 Å². The van der Waals surface area contributed by atoms with Crippen molar-refractivity contribution in [1.29, 1.82) is 0 Å². The van der Waals surface area contributed by atoms with Crippen molar-refractivity contribution >= 4 is 45.4 Å². The number of anilines is 3. The van der Waals surface area contributed by atoms with Crippen molar-refractivity contribution in [3.63, 3.8) is 0 Å². The molecule has 0 spiro atoms. The number of fused-ring (bicyclic) bond motifs is 2. The Balaban J connectivity index is 1.22. The smallest absolute Gasteiger partial charge is 0.246 e. The van der Waals surface area contributed by atoms with E-state index in [4.69, 9.17) is 14.5 Å². The van der Waals surface area contributed by atoms with Gasteiger partial charge in [-0.05, 0) is 48.9 Å². The van der Waals surface area contributed by atoms with Crippen LogP contribution in [0.5, 0.6) is 11.5 Å². The lowest BCUT2D eigenvalue weighted by molar-refractivity contribution is -0.129. The standard InChI is InChI=1S/C29H30N10O3/c1-5-26(40)39-11-10-38(15-20(39)16-41-4)29-30-14-23-27(34-29)28(32-17-31-23)33-19-6-9-25(18(2)12-19)42-21-7-8-24-22(13-21)35-36-37(24)3/h5-9,12-14,17,20H,1,10-11,15-16H2,2-4H3,(H,31,32,33)/t20-/m1/s1. The number of nitrogens with zero attached hydrogens (tertiary/aromatic N) is 9. The number of aromatic nitrogens is 7. The monoisotopic (exact) mass is 566 g/mol. The van der Waals surface area contributed by atoms with Gasteiger partial charge in [-0.3, -0.25) is 4.79 Å². The molecule has 1 fully saturated rings. The van der Waals surface area contributed by atoms with Gasteiger partial charge in [0, 0.05) is 45.5 Å². The second kappa shape index (κ2) is 11.4. The van der Waals surface area contributed by atoms with Crippen LogP contribution in [0.4, 0.5) is 17.5 Å². The first kappa shape index (κ1) is 27.0. The van der Waals surface area contributed by atoms with Gasteiger partial charge in [0.25, 0.3) is 0 Å². The molecule has 13 nitrogen and oxygen atoms in total. The van der Waals surface area contributed by atoms with E-state index in [1.165, 1.54) is 12.4 Å². The number of benzene rings is 2. The van der Waals surface area contributed by atoms with E-state index in [0.29, 0.717) is 54.8 Å². The number of aryl methyl sites for hydroxylation is 2. The first-order valence-corrected chi connectivity index (χ1v) is 13.4.